The highest BCUT2D eigenvalue weighted by Crippen LogP contribution is 2.38. The fraction of sp³-hybridized carbons (Fsp3) is 0.367. The Kier molecular flexibility index (Phi) is 10.9. The minimum atomic E-state index is -3.79. The predicted molar refractivity (Wildman–Crippen MR) is 179 cm³/mol. The minimum Gasteiger partial charge on any atom is -0.495 e. The zero-order valence-electron chi connectivity index (χ0n) is 27.2. The fourth-order valence-corrected chi connectivity index (χ4v) is 5.79. The molecule has 252 valence electrons. The van der Waals surface area contributed by atoms with Crippen molar-refractivity contribution < 1.29 is 27.5 Å². The number of aromatic nitrogens is 2. The summed E-state index contributed by atoms with van der Waals surface area (Å²) in [5.74, 6) is -0.228. The number of nitrogens with zero attached hydrogens (tertiary/aromatic N) is 7. The van der Waals surface area contributed by atoms with Gasteiger partial charge in [-0.3, -0.25) is 19.3 Å². The van der Waals surface area contributed by atoms with Crippen LogP contribution < -0.4 is 20.3 Å². The second-order valence-corrected chi connectivity index (χ2v) is 13.8. The van der Waals surface area contributed by atoms with E-state index in [9.17, 15) is 22.8 Å². The lowest BCUT2D eigenvalue weighted by Gasteiger charge is -2.25. The summed E-state index contributed by atoms with van der Waals surface area (Å²) in [6, 6.07) is 9.74. The molecule has 0 fully saturated rings. The predicted octanol–water partition coefficient (Wildman–Crippen LogP) is 2.20. The SMILES string of the molecule is COc1cc2c(cc1Nc1ncc(Cl)c(Nc3ccccc3S(=O)(=O)N(C)C)n1)N(CC(=O)N(C)C)C(=O)CN(CC(=O)N(C)C)C2. The number of benzene rings is 2. The molecule has 0 unspecified atom stereocenters. The summed E-state index contributed by atoms with van der Waals surface area (Å²) in [5, 5.41) is 6.23. The van der Waals surface area contributed by atoms with Gasteiger partial charge in [0.25, 0.3) is 0 Å². The molecule has 0 spiro atoms. The van der Waals surface area contributed by atoms with Crippen molar-refractivity contribution in [3.8, 4) is 5.75 Å². The Labute approximate surface area is 279 Å². The molecule has 2 N–H and O–H groups in total. The summed E-state index contributed by atoms with van der Waals surface area (Å²) in [5.41, 5.74) is 1.74. The van der Waals surface area contributed by atoms with E-state index in [0.717, 1.165) is 4.31 Å². The van der Waals surface area contributed by atoms with Crippen LogP contribution in [0.1, 0.15) is 5.56 Å². The molecule has 2 heterocycles. The van der Waals surface area contributed by atoms with Crippen molar-refractivity contribution in [3.05, 3.63) is 53.2 Å². The Morgan fingerprint density at radius 2 is 1.62 bits per heavy atom. The van der Waals surface area contributed by atoms with Crippen molar-refractivity contribution in [1.29, 1.82) is 0 Å². The first kappa shape index (κ1) is 35.3. The summed E-state index contributed by atoms with van der Waals surface area (Å²) in [7, 11) is 7.05. The molecule has 1 aliphatic rings. The smallest absolute Gasteiger partial charge is 0.244 e. The number of hydrogen-bond donors (Lipinski definition) is 2. The first-order valence-corrected chi connectivity index (χ1v) is 16.2. The normalized spacial score (nSPS) is 13.6. The molecule has 0 saturated carbocycles. The Hall–Kier alpha value is -4.51. The molecule has 17 heteroatoms. The first-order valence-electron chi connectivity index (χ1n) is 14.3. The van der Waals surface area contributed by atoms with Crippen molar-refractivity contribution in [2.45, 2.75) is 11.4 Å². The molecule has 1 aromatic heterocycles. The molecule has 47 heavy (non-hydrogen) atoms. The van der Waals surface area contributed by atoms with Crippen LogP contribution in [0.4, 0.5) is 28.8 Å². The van der Waals surface area contributed by atoms with Gasteiger partial charge in [-0.1, -0.05) is 23.7 Å². The molecule has 0 aliphatic carbocycles. The summed E-state index contributed by atoms with van der Waals surface area (Å²) in [6.45, 7) is -0.0602. The monoisotopic (exact) mass is 687 g/mol. The van der Waals surface area contributed by atoms with Crippen LogP contribution in [0.5, 0.6) is 5.75 Å². The van der Waals surface area contributed by atoms with Crippen molar-refractivity contribution >= 4 is 68.2 Å². The molecule has 15 nitrogen and oxygen atoms in total. The first-order chi connectivity index (χ1) is 22.1. The van der Waals surface area contributed by atoms with E-state index in [2.05, 4.69) is 20.6 Å². The molecule has 3 amide bonds. The van der Waals surface area contributed by atoms with Crippen LogP contribution in [-0.4, -0.2) is 124 Å². The van der Waals surface area contributed by atoms with Crippen molar-refractivity contribution in [3.63, 3.8) is 0 Å². The van der Waals surface area contributed by atoms with Crippen LogP contribution >= 0.6 is 11.6 Å². The van der Waals surface area contributed by atoms with Crippen molar-refractivity contribution in [2.75, 3.05) is 84.6 Å². The van der Waals surface area contributed by atoms with Gasteiger partial charge in [0.15, 0.2) is 5.82 Å². The molecule has 1 aliphatic heterocycles. The summed E-state index contributed by atoms with van der Waals surface area (Å²) >= 11 is 6.42. The zero-order valence-corrected chi connectivity index (χ0v) is 28.8. The second kappa shape index (κ2) is 14.5. The number of fused-ring (bicyclic) bond motifs is 1. The lowest BCUT2D eigenvalue weighted by molar-refractivity contribution is -0.132. The third-order valence-electron chi connectivity index (χ3n) is 7.28. The van der Waals surface area contributed by atoms with Crippen molar-refractivity contribution in [1.82, 2.24) is 29.0 Å². The van der Waals surface area contributed by atoms with Crippen LogP contribution in [0.3, 0.4) is 0 Å². The van der Waals surface area contributed by atoms with Gasteiger partial charge in [0, 0.05) is 48.8 Å². The van der Waals surface area contributed by atoms with E-state index in [1.807, 2.05) is 0 Å². The number of sulfonamides is 1. The van der Waals surface area contributed by atoms with E-state index in [-0.39, 0.29) is 71.3 Å². The summed E-state index contributed by atoms with van der Waals surface area (Å²) in [6.07, 6.45) is 1.35. The Bertz CT molecular complexity index is 1790. The topological polar surface area (TPSA) is 161 Å². The molecule has 3 aromatic rings. The van der Waals surface area contributed by atoms with E-state index >= 15 is 0 Å². The number of carbonyl (C=O) groups is 3. The number of para-hydroxylation sites is 1. The zero-order chi connectivity index (χ0) is 34.6. The van der Waals surface area contributed by atoms with Crippen LogP contribution in [-0.2, 0) is 31.0 Å². The molecule has 0 atom stereocenters. The van der Waals surface area contributed by atoms with Gasteiger partial charge in [-0.2, -0.15) is 4.98 Å². The van der Waals surface area contributed by atoms with Gasteiger partial charge in [-0.15, -0.1) is 0 Å². The van der Waals surface area contributed by atoms with E-state index in [1.165, 1.54) is 48.2 Å². The third-order valence-corrected chi connectivity index (χ3v) is 9.43. The molecule has 0 radical (unpaired) electrons. The number of likely N-dealkylation sites (N-methyl/N-ethyl adjacent to an activating group) is 2. The number of amides is 3. The van der Waals surface area contributed by atoms with E-state index in [0.29, 0.717) is 22.7 Å². The molecule has 0 saturated heterocycles. The highest BCUT2D eigenvalue weighted by Gasteiger charge is 2.31. The number of carbonyl (C=O) groups excluding carboxylic acids is 3. The quantitative estimate of drug-likeness (QED) is 0.304. The summed E-state index contributed by atoms with van der Waals surface area (Å²) in [4.78, 5) is 53.6. The second-order valence-electron chi connectivity index (χ2n) is 11.3. The maximum absolute atomic E-state index is 13.6. The average Bonchev–Trinajstić information content (AvgIpc) is 3.13. The average molecular weight is 688 g/mol. The van der Waals surface area contributed by atoms with Gasteiger partial charge >= 0.3 is 0 Å². The van der Waals surface area contributed by atoms with Crippen molar-refractivity contribution in [2.24, 2.45) is 0 Å². The van der Waals surface area contributed by atoms with E-state index in [4.69, 9.17) is 16.3 Å². The van der Waals surface area contributed by atoms with Crippen LogP contribution in [0.25, 0.3) is 0 Å². The lowest BCUT2D eigenvalue weighted by atomic mass is 10.1. The standard InChI is InChI=1S/C30H38ClN9O6S/c1-36(2)26(41)16-39-15-19-12-24(46-7)22(13-23(19)40(28(43)17-39)18-27(42)37(3)4)34-30-32-14-20(31)29(35-30)33-21-10-8-9-11-25(21)47(44,45)38(5)6/h8-14H,15-18H2,1-7H3,(H2,32,33,34,35). The van der Waals surface area contributed by atoms with Gasteiger partial charge in [-0.05, 0) is 29.8 Å². The third kappa shape index (κ3) is 8.08. The van der Waals surface area contributed by atoms with Crippen LogP contribution in [0, 0.1) is 0 Å². The molecule has 0 bridgehead atoms. The highest BCUT2D eigenvalue weighted by molar-refractivity contribution is 7.89. The largest absolute Gasteiger partial charge is 0.495 e. The van der Waals surface area contributed by atoms with E-state index < -0.39 is 10.0 Å². The maximum Gasteiger partial charge on any atom is 0.244 e. The Morgan fingerprint density at radius 1 is 0.957 bits per heavy atom. The van der Waals surface area contributed by atoms with E-state index in [1.54, 1.807) is 63.4 Å². The molecule has 2 aromatic carbocycles. The van der Waals surface area contributed by atoms with Crippen LogP contribution in [0.2, 0.25) is 5.02 Å². The lowest BCUT2D eigenvalue weighted by Crippen LogP contribution is -2.44. The number of rotatable bonds is 11. The molecular formula is C30H38ClN9O6S. The summed E-state index contributed by atoms with van der Waals surface area (Å²) < 4.78 is 32.6. The van der Waals surface area contributed by atoms with Gasteiger partial charge in [0.05, 0.1) is 43.5 Å². The highest BCUT2D eigenvalue weighted by atomic mass is 35.5. The molecule has 4 rings (SSSR count). The van der Waals surface area contributed by atoms with Gasteiger partial charge < -0.3 is 30.1 Å². The van der Waals surface area contributed by atoms with Gasteiger partial charge in [0.1, 0.15) is 22.2 Å². The number of nitrogens with one attached hydrogen (secondary N) is 2. The Balaban J connectivity index is 1.74. The van der Waals surface area contributed by atoms with Gasteiger partial charge in [0.2, 0.25) is 33.7 Å². The fourth-order valence-electron chi connectivity index (χ4n) is 4.61. The van der Waals surface area contributed by atoms with Gasteiger partial charge in [-0.25, -0.2) is 17.7 Å². The molecular weight excluding hydrogens is 650 g/mol. The number of anilines is 5. The number of methoxy groups -OCH3 is 1. The number of hydrogen-bond acceptors (Lipinski definition) is 11. The minimum absolute atomic E-state index is 0.00330. The number of halogens is 1. The van der Waals surface area contributed by atoms with Crippen LogP contribution in [0.15, 0.2) is 47.5 Å². The number of ether oxygens (including phenoxy) is 1. The Morgan fingerprint density at radius 3 is 2.26 bits per heavy atom. The maximum atomic E-state index is 13.6.